The summed E-state index contributed by atoms with van der Waals surface area (Å²) in [4.78, 5) is 14.7. The minimum atomic E-state index is -4.87. The molecule has 0 aliphatic rings. The molecule has 1 heterocycles. The maximum Gasteiger partial charge on any atom is 0.471 e. The number of fused-ring (bicyclic) bond motifs is 1. The zero-order chi connectivity index (χ0) is 13.3. The highest BCUT2D eigenvalue weighted by Gasteiger charge is 2.38. The van der Waals surface area contributed by atoms with E-state index in [9.17, 15) is 18.0 Å². The third kappa shape index (κ3) is 2.61. The third-order valence-corrected chi connectivity index (χ3v) is 2.27. The molecule has 0 bridgehead atoms. The first-order valence-corrected chi connectivity index (χ1v) is 5.07. The number of aromatic nitrogens is 1. The molecule has 0 saturated heterocycles. The first-order chi connectivity index (χ1) is 8.36. The third-order valence-electron chi connectivity index (χ3n) is 2.27. The maximum atomic E-state index is 12.0. The van der Waals surface area contributed by atoms with E-state index < -0.39 is 12.1 Å². The molecule has 18 heavy (non-hydrogen) atoms. The molecule has 0 aliphatic carbocycles. The zero-order valence-corrected chi connectivity index (χ0v) is 9.34. The van der Waals surface area contributed by atoms with Crippen molar-refractivity contribution < 1.29 is 22.4 Å². The van der Waals surface area contributed by atoms with Gasteiger partial charge in [0.2, 0.25) is 0 Å². The molecule has 7 heteroatoms. The van der Waals surface area contributed by atoms with Crippen LogP contribution in [-0.4, -0.2) is 17.1 Å². The van der Waals surface area contributed by atoms with Crippen LogP contribution in [-0.2, 0) is 11.3 Å². The second-order valence-electron chi connectivity index (χ2n) is 3.72. The van der Waals surface area contributed by atoms with Crippen molar-refractivity contribution in [3.8, 4) is 0 Å². The molecule has 1 amide bonds. The Balaban J connectivity index is 2.10. The number of nitrogens with zero attached hydrogens (tertiary/aromatic N) is 1. The van der Waals surface area contributed by atoms with Crippen LogP contribution in [0.25, 0.3) is 11.1 Å². The predicted molar refractivity (Wildman–Crippen MR) is 56.6 cm³/mol. The average molecular weight is 258 g/mol. The van der Waals surface area contributed by atoms with E-state index in [4.69, 9.17) is 4.42 Å². The first kappa shape index (κ1) is 12.4. The second kappa shape index (κ2) is 4.32. The summed E-state index contributed by atoms with van der Waals surface area (Å²) in [6.45, 7) is 1.46. The van der Waals surface area contributed by atoms with Crippen LogP contribution in [0, 0.1) is 6.92 Å². The van der Waals surface area contributed by atoms with Gasteiger partial charge in [0, 0.05) is 13.5 Å². The number of nitrogens with one attached hydrogen (secondary N) is 1. The average Bonchev–Trinajstić information content (AvgIpc) is 2.63. The monoisotopic (exact) mass is 258 g/mol. The summed E-state index contributed by atoms with van der Waals surface area (Å²) in [6.07, 6.45) is -4.87. The van der Waals surface area contributed by atoms with Crippen molar-refractivity contribution in [3.63, 3.8) is 0 Å². The van der Waals surface area contributed by atoms with Crippen LogP contribution in [0.5, 0.6) is 0 Å². The van der Waals surface area contributed by atoms with Crippen molar-refractivity contribution in [2.24, 2.45) is 0 Å². The molecule has 0 saturated carbocycles. The Bertz CT molecular complexity index is 589. The van der Waals surface area contributed by atoms with Gasteiger partial charge in [-0.15, -0.1) is 0 Å². The number of rotatable bonds is 2. The minimum absolute atomic E-state index is 0.214. The Labute approximate surface area is 99.8 Å². The van der Waals surface area contributed by atoms with Crippen LogP contribution in [0.2, 0.25) is 0 Å². The molecule has 0 atom stereocenters. The molecular formula is C11H9F3N2O2. The molecule has 1 aromatic heterocycles. The van der Waals surface area contributed by atoms with Crippen molar-refractivity contribution in [2.45, 2.75) is 19.6 Å². The lowest BCUT2D eigenvalue weighted by Gasteiger charge is -2.07. The molecular weight excluding hydrogens is 249 g/mol. The molecule has 2 aromatic rings. The normalized spacial score (nSPS) is 11.8. The predicted octanol–water partition coefficient (Wildman–Crippen LogP) is 2.31. The van der Waals surface area contributed by atoms with Crippen molar-refractivity contribution >= 4 is 17.0 Å². The van der Waals surface area contributed by atoms with Gasteiger partial charge in [-0.2, -0.15) is 13.2 Å². The molecule has 1 N–H and O–H groups in total. The Kier molecular flexibility index (Phi) is 2.98. The smallest absolute Gasteiger partial charge is 0.441 e. The molecule has 96 valence electrons. The van der Waals surface area contributed by atoms with Gasteiger partial charge in [0.15, 0.2) is 11.5 Å². The van der Waals surface area contributed by atoms with Crippen molar-refractivity contribution in [1.82, 2.24) is 10.3 Å². The van der Waals surface area contributed by atoms with Gasteiger partial charge in [0.1, 0.15) is 5.52 Å². The summed E-state index contributed by atoms with van der Waals surface area (Å²) in [7, 11) is 0. The largest absolute Gasteiger partial charge is 0.471 e. The Morgan fingerprint density at radius 1 is 1.44 bits per heavy atom. The number of carbonyl (C=O) groups excluding carboxylic acids is 1. The summed E-state index contributed by atoms with van der Waals surface area (Å²) < 4.78 is 41.1. The zero-order valence-electron chi connectivity index (χ0n) is 9.34. The molecule has 4 nitrogen and oxygen atoms in total. The second-order valence-corrected chi connectivity index (χ2v) is 3.72. The van der Waals surface area contributed by atoms with E-state index in [2.05, 4.69) is 4.98 Å². The summed E-state index contributed by atoms with van der Waals surface area (Å²) >= 11 is 0. The molecule has 1 aromatic carbocycles. The summed E-state index contributed by atoms with van der Waals surface area (Å²) in [5.74, 6) is -1.49. The fourth-order valence-corrected chi connectivity index (χ4v) is 1.48. The number of carbonyl (C=O) groups is 1. The quantitative estimate of drug-likeness (QED) is 0.899. The van der Waals surface area contributed by atoms with Gasteiger partial charge >= 0.3 is 12.1 Å². The molecule has 2 rings (SSSR count). The van der Waals surface area contributed by atoms with Gasteiger partial charge < -0.3 is 9.73 Å². The minimum Gasteiger partial charge on any atom is -0.441 e. The van der Waals surface area contributed by atoms with E-state index in [0.717, 1.165) is 0 Å². The van der Waals surface area contributed by atoms with Gasteiger partial charge in [-0.1, -0.05) is 6.07 Å². The van der Waals surface area contributed by atoms with Crippen LogP contribution >= 0.6 is 0 Å². The Hall–Kier alpha value is -2.05. The van der Waals surface area contributed by atoms with Crippen molar-refractivity contribution in [1.29, 1.82) is 0 Å². The number of amides is 1. The standard InChI is InChI=1S/C11H9F3N2O2/c1-6-16-8-3-2-7(4-9(8)18-6)5-15-10(17)11(12,13)14/h2-4H,5H2,1H3,(H,15,17). The highest BCUT2D eigenvalue weighted by molar-refractivity contribution is 5.81. The molecule has 0 fully saturated rings. The van der Waals surface area contributed by atoms with Crippen LogP contribution in [0.3, 0.4) is 0 Å². The number of oxazole rings is 1. The SMILES string of the molecule is Cc1nc2ccc(CNC(=O)C(F)(F)F)cc2o1. The summed E-state index contributed by atoms with van der Waals surface area (Å²) in [5, 5.41) is 1.78. The number of alkyl halides is 3. The van der Waals surface area contributed by atoms with Crippen LogP contribution in [0.4, 0.5) is 13.2 Å². The Morgan fingerprint density at radius 3 is 2.83 bits per heavy atom. The number of hydrogen-bond donors (Lipinski definition) is 1. The molecule has 0 spiro atoms. The summed E-state index contributed by atoms with van der Waals surface area (Å²) in [5.41, 5.74) is 1.61. The lowest BCUT2D eigenvalue weighted by molar-refractivity contribution is -0.173. The number of aryl methyl sites for hydroxylation is 1. The molecule has 0 unspecified atom stereocenters. The summed E-state index contributed by atoms with van der Waals surface area (Å²) in [6, 6.07) is 4.76. The topological polar surface area (TPSA) is 55.1 Å². The van der Waals surface area contributed by atoms with Gasteiger partial charge in [-0.25, -0.2) is 4.98 Å². The fourth-order valence-electron chi connectivity index (χ4n) is 1.48. The van der Waals surface area contributed by atoms with Crippen LogP contribution in [0.15, 0.2) is 22.6 Å². The highest BCUT2D eigenvalue weighted by atomic mass is 19.4. The van der Waals surface area contributed by atoms with Crippen LogP contribution < -0.4 is 5.32 Å². The van der Waals surface area contributed by atoms with E-state index >= 15 is 0 Å². The fraction of sp³-hybridized carbons (Fsp3) is 0.273. The number of hydrogen-bond acceptors (Lipinski definition) is 3. The van der Waals surface area contributed by atoms with Gasteiger partial charge in [-0.3, -0.25) is 4.79 Å². The van der Waals surface area contributed by atoms with Gasteiger partial charge in [0.05, 0.1) is 0 Å². The Morgan fingerprint density at radius 2 is 2.17 bits per heavy atom. The van der Waals surface area contributed by atoms with Gasteiger partial charge in [0.25, 0.3) is 0 Å². The van der Waals surface area contributed by atoms with Crippen molar-refractivity contribution in [3.05, 3.63) is 29.7 Å². The van der Waals surface area contributed by atoms with E-state index in [1.54, 1.807) is 30.4 Å². The lowest BCUT2D eigenvalue weighted by Crippen LogP contribution is -2.36. The first-order valence-electron chi connectivity index (χ1n) is 5.07. The molecule has 0 radical (unpaired) electrons. The van der Waals surface area contributed by atoms with Crippen molar-refractivity contribution in [2.75, 3.05) is 0 Å². The number of halogens is 3. The maximum absolute atomic E-state index is 12.0. The lowest BCUT2D eigenvalue weighted by atomic mass is 10.2. The van der Waals surface area contributed by atoms with Gasteiger partial charge in [-0.05, 0) is 17.7 Å². The van der Waals surface area contributed by atoms with E-state index in [0.29, 0.717) is 22.6 Å². The number of benzene rings is 1. The highest BCUT2D eigenvalue weighted by Crippen LogP contribution is 2.18. The van der Waals surface area contributed by atoms with Crippen LogP contribution in [0.1, 0.15) is 11.5 Å². The molecule has 0 aliphatic heterocycles. The van der Waals surface area contributed by atoms with E-state index in [-0.39, 0.29) is 6.54 Å². The van der Waals surface area contributed by atoms with E-state index in [1.165, 1.54) is 0 Å². The van der Waals surface area contributed by atoms with E-state index in [1.807, 2.05) is 0 Å².